The lowest BCUT2D eigenvalue weighted by atomic mass is 10.0. The minimum atomic E-state index is -1.05. The van der Waals surface area contributed by atoms with E-state index < -0.39 is 12.1 Å². The van der Waals surface area contributed by atoms with Gasteiger partial charge in [-0.25, -0.2) is 14.8 Å². The largest absolute Gasteiger partial charge is 0.465 e. The number of nitrogens with zero attached hydrogens (tertiary/aromatic N) is 3. The number of hydrogen-bond donors (Lipinski definition) is 3. The van der Waals surface area contributed by atoms with Crippen molar-refractivity contribution >= 4 is 17.9 Å². The zero-order valence-electron chi connectivity index (χ0n) is 12.1. The Labute approximate surface area is 127 Å². The summed E-state index contributed by atoms with van der Waals surface area (Å²) >= 11 is 0. The van der Waals surface area contributed by atoms with Crippen molar-refractivity contribution in [1.82, 2.24) is 20.3 Å². The van der Waals surface area contributed by atoms with Gasteiger partial charge < -0.3 is 10.0 Å². The molecule has 1 atom stereocenters. The Kier molecular flexibility index (Phi) is 5.02. The van der Waals surface area contributed by atoms with Crippen LogP contribution in [0.2, 0.25) is 0 Å². The fourth-order valence-electron chi connectivity index (χ4n) is 2.08. The van der Waals surface area contributed by atoms with Crippen molar-refractivity contribution in [3.8, 4) is 0 Å². The van der Waals surface area contributed by atoms with E-state index in [-0.39, 0.29) is 31.6 Å². The topological polar surface area (TPSA) is 117 Å². The van der Waals surface area contributed by atoms with Crippen molar-refractivity contribution in [2.75, 3.05) is 18.5 Å². The van der Waals surface area contributed by atoms with E-state index in [0.717, 1.165) is 5.56 Å². The minimum absolute atomic E-state index is 0.124. The molecule has 22 heavy (non-hydrogen) atoms. The highest BCUT2D eigenvalue weighted by atomic mass is 16.6. The molecular formula is C13H17N5O4. The number of nitrogens with one attached hydrogen (secondary N) is 2. The summed E-state index contributed by atoms with van der Waals surface area (Å²) in [6.07, 6.45) is 2.07. The molecule has 2 amide bonds. The third-order valence-electron chi connectivity index (χ3n) is 3.00. The second-order valence-electron chi connectivity index (χ2n) is 4.71. The van der Waals surface area contributed by atoms with Crippen molar-refractivity contribution < 1.29 is 19.5 Å². The number of rotatable bonds is 5. The number of anilines is 1. The number of carbonyl (C=O) groups is 2. The van der Waals surface area contributed by atoms with Crippen molar-refractivity contribution in [2.24, 2.45) is 0 Å². The molecule has 1 aromatic rings. The SMILES string of the molecule is C=CCONC1CN(C(=O)O)Cc2nc(NC(C)=O)ncc21. The zero-order chi connectivity index (χ0) is 16.1. The summed E-state index contributed by atoms with van der Waals surface area (Å²) in [5, 5.41) is 11.7. The highest BCUT2D eigenvalue weighted by molar-refractivity contribution is 5.86. The van der Waals surface area contributed by atoms with E-state index in [1.807, 2.05) is 0 Å². The molecule has 3 N–H and O–H groups in total. The van der Waals surface area contributed by atoms with Gasteiger partial charge in [0, 0.05) is 25.2 Å². The first-order valence-electron chi connectivity index (χ1n) is 6.60. The van der Waals surface area contributed by atoms with Gasteiger partial charge in [-0.3, -0.25) is 14.9 Å². The van der Waals surface area contributed by atoms with Crippen LogP contribution in [0.1, 0.15) is 24.2 Å². The van der Waals surface area contributed by atoms with E-state index in [1.165, 1.54) is 11.8 Å². The Morgan fingerprint density at radius 3 is 3.05 bits per heavy atom. The maximum Gasteiger partial charge on any atom is 0.407 e. The van der Waals surface area contributed by atoms with Gasteiger partial charge in [-0.1, -0.05) is 6.08 Å². The third-order valence-corrected chi connectivity index (χ3v) is 3.00. The van der Waals surface area contributed by atoms with Crippen molar-refractivity contribution in [3.05, 3.63) is 30.1 Å². The number of carboxylic acid groups (broad SMARTS) is 1. The van der Waals surface area contributed by atoms with Crippen molar-refractivity contribution in [1.29, 1.82) is 0 Å². The Bertz CT molecular complexity index is 592. The maximum atomic E-state index is 11.2. The van der Waals surface area contributed by atoms with E-state index >= 15 is 0 Å². The van der Waals surface area contributed by atoms with E-state index in [2.05, 4.69) is 27.3 Å². The minimum Gasteiger partial charge on any atom is -0.465 e. The summed E-state index contributed by atoms with van der Waals surface area (Å²) in [5.74, 6) is -0.154. The van der Waals surface area contributed by atoms with Crippen molar-refractivity contribution in [3.63, 3.8) is 0 Å². The second kappa shape index (κ2) is 6.96. The van der Waals surface area contributed by atoms with Crippen LogP contribution in [0.25, 0.3) is 0 Å². The number of hydroxylamine groups is 1. The first kappa shape index (κ1) is 15.9. The van der Waals surface area contributed by atoms with Gasteiger partial charge in [0.05, 0.1) is 24.9 Å². The lowest BCUT2D eigenvalue weighted by Gasteiger charge is -2.32. The number of amides is 2. The quantitative estimate of drug-likeness (QED) is 0.416. The van der Waals surface area contributed by atoms with Crippen LogP contribution in [-0.2, 0) is 16.2 Å². The van der Waals surface area contributed by atoms with Gasteiger partial charge in [-0.05, 0) is 0 Å². The molecule has 1 aromatic heterocycles. The molecule has 9 nitrogen and oxygen atoms in total. The molecule has 0 fully saturated rings. The molecule has 0 aromatic carbocycles. The molecule has 0 aliphatic carbocycles. The van der Waals surface area contributed by atoms with Crippen LogP contribution in [0.5, 0.6) is 0 Å². The monoisotopic (exact) mass is 307 g/mol. The van der Waals surface area contributed by atoms with Crippen LogP contribution in [0.4, 0.5) is 10.7 Å². The standard InChI is InChI=1S/C13H17N5O4/c1-3-4-22-17-11-7-18(13(20)21)6-10-9(11)5-14-12(16-10)15-8(2)19/h3,5,11,17H,1,4,6-7H2,2H3,(H,20,21)(H,14,15,16,19). The first-order chi connectivity index (χ1) is 10.5. The van der Waals surface area contributed by atoms with Crippen molar-refractivity contribution in [2.45, 2.75) is 19.5 Å². The van der Waals surface area contributed by atoms with Crippen LogP contribution in [0.15, 0.2) is 18.9 Å². The van der Waals surface area contributed by atoms with Crippen LogP contribution in [0.3, 0.4) is 0 Å². The third kappa shape index (κ3) is 3.77. The molecule has 0 bridgehead atoms. The van der Waals surface area contributed by atoms with Crippen LogP contribution >= 0.6 is 0 Å². The Hall–Kier alpha value is -2.52. The molecule has 1 aliphatic heterocycles. The lowest BCUT2D eigenvalue weighted by molar-refractivity contribution is -0.114. The molecule has 0 radical (unpaired) electrons. The summed E-state index contributed by atoms with van der Waals surface area (Å²) in [5.41, 5.74) is 4.03. The summed E-state index contributed by atoms with van der Waals surface area (Å²) in [6, 6.07) is -0.397. The van der Waals surface area contributed by atoms with Gasteiger partial charge in [0.15, 0.2) is 0 Å². The van der Waals surface area contributed by atoms with Gasteiger partial charge in [-0.15, -0.1) is 6.58 Å². The molecule has 2 heterocycles. The number of fused-ring (bicyclic) bond motifs is 1. The average molecular weight is 307 g/mol. The molecule has 1 aliphatic rings. The Balaban J connectivity index is 2.25. The predicted molar refractivity (Wildman–Crippen MR) is 76.8 cm³/mol. The van der Waals surface area contributed by atoms with Gasteiger partial charge >= 0.3 is 6.09 Å². The highest BCUT2D eigenvalue weighted by Crippen LogP contribution is 2.25. The van der Waals surface area contributed by atoms with E-state index in [4.69, 9.17) is 4.84 Å². The smallest absolute Gasteiger partial charge is 0.407 e. The second-order valence-corrected chi connectivity index (χ2v) is 4.71. The molecule has 118 valence electrons. The predicted octanol–water partition coefficient (Wildman–Crippen LogP) is 0.677. The van der Waals surface area contributed by atoms with E-state index in [9.17, 15) is 14.7 Å². The normalized spacial score (nSPS) is 16.8. The number of hydrogen-bond acceptors (Lipinski definition) is 6. The van der Waals surface area contributed by atoms with Crippen LogP contribution < -0.4 is 10.8 Å². The van der Waals surface area contributed by atoms with E-state index in [1.54, 1.807) is 12.3 Å². The van der Waals surface area contributed by atoms with Gasteiger partial charge in [-0.2, -0.15) is 5.48 Å². The Morgan fingerprint density at radius 2 is 2.41 bits per heavy atom. The first-order valence-corrected chi connectivity index (χ1v) is 6.60. The molecule has 9 heteroatoms. The molecular weight excluding hydrogens is 290 g/mol. The van der Waals surface area contributed by atoms with Gasteiger partial charge in [0.25, 0.3) is 0 Å². The summed E-state index contributed by atoms with van der Waals surface area (Å²) in [4.78, 5) is 36.9. The fraction of sp³-hybridized carbons (Fsp3) is 0.385. The fourth-order valence-corrected chi connectivity index (χ4v) is 2.08. The van der Waals surface area contributed by atoms with Crippen LogP contribution in [0, 0.1) is 0 Å². The highest BCUT2D eigenvalue weighted by Gasteiger charge is 2.30. The number of carbonyl (C=O) groups excluding carboxylic acids is 1. The Morgan fingerprint density at radius 1 is 1.64 bits per heavy atom. The zero-order valence-corrected chi connectivity index (χ0v) is 12.1. The molecule has 1 unspecified atom stereocenters. The summed E-state index contributed by atoms with van der Waals surface area (Å²) < 4.78 is 0. The summed E-state index contributed by atoms with van der Waals surface area (Å²) in [7, 11) is 0. The molecule has 0 saturated heterocycles. The van der Waals surface area contributed by atoms with Gasteiger partial charge in [0.2, 0.25) is 11.9 Å². The van der Waals surface area contributed by atoms with Crippen LogP contribution in [-0.4, -0.2) is 45.1 Å². The summed E-state index contributed by atoms with van der Waals surface area (Å²) in [6.45, 7) is 5.50. The van der Waals surface area contributed by atoms with E-state index in [0.29, 0.717) is 5.69 Å². The molecule has 0 saturated carbocycles. The maximum absolute atomic E-state index is 11.2. The van der Waals surface area contributed by atoms with Gasteiger partial charge in [0.1, 0.15) is 0 Å². The average Bonchev–Trinajstić information content (AvgIpc) is 2.46. The lowest BCUT2D eigenvalue weighted by Crippen LogP contribution is -2.42. The molecule has 0 spiro atoms. The number of aromatic nitrogens is 2. The molecule has 2 rings (SSSR count).